The van der Waals surface area contributed by atoms with Crippen molar-refractivity contribution in [3.8, 4) is 11.1 Å². The third-order valence-corrected chi connectivity index (χ3v) is 5.05. The van der Waals surface area contributed by atoms with Crippen LogP contribution in [0.3, 0.4) is 0 Å². The zero-order valence-electron chi connectivity index (χ0n) is 14.3. The quantitative estimate of drug-likeness (QED) is 0.870. The van der Waals surface area contributed by atoms with Gasteiger partial charge in [0.05, 0.1) is 0 Å². The van der Waals surface area contributed by atoms with Crippen molar-refractivity contribution >= 4 is 5.91 Å². The average molecular weight is 322 g/mol. The predicted molar refractivity (Wildman–Crippen MR) is 98.7 cm³/mol. The normalized spacial score (nSPS) is 20.7. The molecule has 3 nitrogen and oxygen atoms in total. The Morgan fingerprint density at radius 1 is 1.04 bits per heavy atom. The smallest absolute Gasteiger partial charge is 0.248 e. The van der Waals surface area contributed by atoms with Crippen LogP contribution in [-0.4, -0.2) is 11.9 Å². The second kappa shape index (κ2) is 7.63. The number of amides is 1. The first-order chi connectivity index (χ1) is 11.6. The molecule has 0 atom stereocenters. The second-order valence-corrected chi connectivity index (χ2v) is 6.98. The van der Waals surface area contributed by atoms with Gasteiger partial charge in [0.25, 0.3) is 0 Å². The van der Waals surface area contributed by atoms with E-state index in [0.717, 1.165) is 23.6 Å². The van der Waals surface area contributed by atoms with E-state index >= 15 is 0 Å². The number of carbonyl (C=O) groups is 1. The van der Waals surface area contributed by atoms with E-state index in [1.54, 1.807) is 6.07 Å². The molecule has 0 heterocycles. The van der Waals surface area contributed by atoms with Crippen LogP contribution in [0, 0.1) is 5.92 Å². The summed E-state index contributed by atoms with van der Waals surface area (Å²) in [6.45, 7) is 3.27. The van der Waals surface area contributed by atoms with Gasteiger partial charge in [-0.2, -0.15) is 0 Å². The molecule has 3 N–H and O–H groups in total. The van der Waals surface area contributed by atoms with Crippen LogP contribution >= 0.6 is 0 Å². The number of nitrogens with one attached hydrogen (secondary N) is 1. The number of carbonyl (C=O) groups excluding carboxylic acids is 1. The molecule has 0 spiro atoms. The van der Waals surface area contributed by atoms with E-state index in [4.69, 9.17) is 5.73 Å². The van der Waals surface area contributed by atoms with Crippen molar-refractivity contribution in [1.82, 2.24) is 5.32 Å². The van der Waals surface area contributed by atoms with Crippen LogP contribution in [0.4, 0.5) is 0 Å². The molecule has 0 unspecified atom stereocenters. The van der Waals surface area contributed by atoms with E-state index in [0.29, 0.717) is 11.6 Å². The highest BCUT2D eigenvalue weighted by Crippen LogP contribution is 2.24. The first-order valence-electron chi connectivity index (χ1n) is 8.84. The molecule has 0 aliphatic heterocycles. The Kier molecular flexibility index (Phi) is 5.31. The standard InChI is InChI=1S/C21H26N2O/c1-15-5-11-20(12-6-15)23-14-16-7-9-17(10-8-16)18-3-2-4-19(13-18)21(22)24/h2-4,7-10,13,15,20,23H,5-6,11-12,14H2,1H3,(H2,22,24). The lowest BCUT2D eigenvalue weighted by atomic mass is 9.87. The Labute approximate surface area is 144 Å². The first-order valence-corrected chi connectivity index (χ1v) is 8.84. The molecule has 126 valence electrons. The fourth-order valence-corrected chi connectivity index (χ4v) is 3.39. The van der Waals surface area contributed by atoms with Gasteiger partial charge in [-0.15, -0.1) is 0 Å². The zero-order chi connectivity index (χ0) is 16.9. The van der Waals surface area contributed by atoms with Gasteiger partial charge in [-0.3, -0.25) is 4.79 Å². The highest BCUT2D eigenvalue weighted by atomic mass is 16.1. The summed E-state index contributed by atoms with van der Waals surface area (Å²) in [4.78, 5) is 11.3. The maximum Gasteiger partial charge on any atom is 0.248 e. The van der Waals surface area contributed by atoms with Crippen LogP contribution in [0.25, 0.3) is 11.1 Å². The van der Waals surface area contributed by atoms with E-state index < -0.39 is 0 Å². The lowest BCUT2D eigenvalue weighted by molar-refractivity contribution is 0.100. The van der Waals surface area contributed by atoms with Gasteiger partial charge in [-0.1, -0.05) is 43.3 Å². The molecule has 24 heavy (non-hydrogen) atoms. The predicted octanol–water partition coefficient (Wildman–Crippen LogP) is 4.12. The minimum atomic E-state index is -0.389. The average Bonchev–Trinajstić information content (AvgIpc) is 2.62. The topological polar surface area (TPSA) is 55.1 Å². The number of rotatable bonds is 5. The lowest BCUT2D eigenvalue weighted by Crippen LogP contribution is -2.32. The van der Waals surface area contributed by atoms with Gasteiger partial charge in [0, 0.05) is 18.2 Å². The first kappa shape index (κ1) is 16.7. The molecule has 1 saturated carbocycles. The summed E-state index contributed by atoms with van der Waals surface area (Å²) in [5.41, 5.74) is 9.32. The van der Waals surface area contributed by atoms with E-state index in [1.165, 1.54) is 31.2 Å². The van der Waals surface area contributed by atoms with Crippen molar-refractivity contribution in [1.29, 1.82) is 0 Å². The maximum absolute atomic E-state index is 11.3. The van der Waals surface area contributed by atoms with Gasteiger partial charge in [0.1, 0.15) is 0 Å². The zero-order valence-corrected chi connectivity index (χ0v) is 14.3. The van der Waals surface area contributed by atoms with Crippen LogP contribution in [0.5, 0.6) is 0 Å². The summed E-state index contributed by atoms with van der Waals surface area (Å²) in [6.07, 6.45) is 5.26. The SMILES string of the molecule is CC1CCC(NCc2ccc(-c3cccc(C(N)=O)c3)cc2)CC1. The molecule has 1 aliphatic rings. The van der Waals surface area contributed by atoms with Crippen molar-refractivity contribution in [2.45, 2.75) is 45.2 Å². The number of primary amides is 1. The fourth-order valence-electron chi connectivity index (χ4n) is 3.39. The Bertz CT molecular complexity index is 685. The summed E-state index contributed by atoms with van der Waals surface area (Å²) < 4.78 is 0. The molecule has 1 amide bonds. The molecule has 0 aromatic heterocycles. The second-order valence-electron chi connectivity index (χ2n) is 6.98. The number of benzene rings is 2. The maximum atomic E-state index is 11.3. The molecule has 0 saturated heterocycles. The van der Waals surface area contributed by atoms with Crippen molar-refractivity contribution in [2.24, 2.45) is 11.7 Å². The third-order valence-electron chi connectivity index (χ3n) is 5.05. The Balaban J connectivity index is 1.61. The Morgan fingerprint density at radius 3 is 2.42 bits per heavy atom. The molecule has 1 aliphatic carbocycles. The summed E-state index contributed by atoms with van der Waals surface area (Å²) in [5.74, 6) is 0.498. The Hall–Kier alpha value is -2.13. The van der Waals surface area contributed by atoms with Crippen molar-refractivity contribution < 1.29 is 4.79 Å². The number of nitrogens with two attached hydrogens (primary N) is 1. The van der Waals surface area contributed by atoms with Gasteiger partial charge in [0.15, 0.2) is 0 Å². The van der Waals surface area contributed by atoms with E-state index in [1.807, 2.05) is 18.2 Å². The van der Waals surface area contributed by atoms with Gasteiger partial charge in [-0.05, 0) is 60.4 Å². The van der Waals surface area contributed by atoms with Crippen LogP contribution < -0.4 is 11.1 Å². The van der Waals surface area contributed by atoms with Crippen LogP contribution in [0.1, 0.15) is 48.5 Å². The van der Waals surface area contributed by atoms with Gasteiger partial charge >= 0.3 is 0 Å². The van der Waals surface area contributed by atoms with Gasteiger partial charge in [0.2, 0.25) is 5.91 Å². The van der Waals surface area contributed by atoms with Crippen molar-refractivity contribution in [3.63, 3.8) is 0 Å². The summed E-state index contributed by atoms with van der Waals surface area (Å²) in [7, 11) is 0. The van der Waals surface area contributed by atoms with Crippen molar-refractivity contribution in [2.75, 3.05) is 0 Å². The molecule has 3 heteroatoms. The summed E-state index contributed by atoms with van der Waals surface area (Å²) >= 11 is 0. The van der Waals surface area contributed by atoms with Crippen LogP contribution in [0.15, 0.2) is 48.5 Å². The molecule has 0 bridgehead atoms. The molecule has 0 radical (unpaired) electrons. The molecule has 1 fully saturated rings. The highest BCUT2D eigenvalue weighted by molar-refractivity contribution is 5.94. The largest absolute Gasteiger partial charge is 0.366 e. The minimum absolute atomic E-state index is 0.389. The fraction of sp³-hybridized carbons (Fsp3) is 0.381. The third kappa shape index (κ3) is 4.24. The van der Waals surface area contributed by atoms with Crippen LogP contribution in [0.2, 0.25) is 0 Å². The minimum Gasteiger partial charge on any atom is -0.366 e. The van der Waals surface area contributed by atoms with Gasteiger partial charge < -0.3 is 11.1 Å². The molecule has 2 aromatic carbocycles. The monoisotopic (exact) mass is 322 g/mol. The summed E-state index contributed by atoms with van der Waals surface area (Å²) in [5, 5.41) is 3.68. The molecule has 2 aromatic rings. The van der Waals surface area contributed by atoms with E-state index in [9.17, 15) is 4.79 Å². The Morgan fingerprint density at radius 2 is 1.75 bits per heavy atom. The van der Waals surface area contributed by atoms with Gasteiger partial charge in [-0.25, -0.2) is 0 Å². The van der Waals surface area contributed by atoms with E-state index in [-0.39, 0.29) is 5.91 Å². The molecular formula is C21H26N2O. The highest BCUT2D eigenvalue weighted by Gasteiger charge is 2.17. The molecule has 3 rings (SSSR count). The van der Waals surface area contributed by atoms with Crippen molar-refractivity contribution in [3.05, 3.63) is 59.7 Å². The lowest BCUT2D eigenvalue weighted by Gasteiger charge is -2.27. The molecular weight excluding hydrogens is 296 g/mol. The summed E-state index contributed by atoms with van der Waals surface area (Å²) in [6, 6.07) is 16.7. The van der Waals surface area contributed by atoms with E-state index in [2.05, 4.69) is 36.5 Å². The van der Waals surface area contributed by atoms with Crippen LogP contribution in [-0.2, 0) is 6.54 Å². The number of hydrogen-bond donors (Lipinski definition) is 2. The number of hydrogen-bond acceptors (Lipinski definition) is 2.